The fourth-order valence-electron chi connectivity index (χ4n) is 3.76. The summed E-state index contributed by atoms with van der Waals surface area (Å²) in [4.78, 5) is 6.25. The number of halogens is 3. The van der Waals surface area contributed by atoms with Crippen LogP contribution in [0.4, 0.5) is 13.2 Å². The first-order valence-electron chi connectivity index (χ1n) is 9.59. The number of hydrogen-bond donors (Lipinski definition) is 0. The number of rotatable bonds is 7. The van der Waals surface area contributed by atoms with Gasteiger partial charge in [0, 0.05) is 44.9 Å². The van der Waals surface area contributed by atoms with E-state index in [0.717, 1.165) is 19.7 Å². The molecule has 148 valence electrons. The Balaban J connectivity index is 1.58. The zero-order valence-corrected chi connectivity index (χ0v) is 15.9. The average Bonchev–Trinajstić information content (AvgIpc) is 2.54. The number of nitrogens with zero attached hydrogens (tertiary/aromatic N) is 3. The molecule has 0 aromatic carbocycles. The Hall–Kier alpha value is -0.370. The molecule has 0 N–H and O–H groups in total. The Labute approximate surface area is 150 Å². The van der Waals surface area contributed by atoms with E-state index in [4.69, 9.17) is 4.74 Å². The Morgan fingerprint density at radius 3 is 2.04 bits per heavy atom. The third-order valence-electron chi connectivity index (χ3n) is 5.53. The summed E-state index contributed by atoms with van der Waals surface area (Å²) in [5.41, 5.74) is 0. The number of piperazine rings is 1. The van der Waals surface area contributed by atoms with Gasteiger partial charge in [0.25, 0.3) is 0 Å². The van der Waals surface area contributed by atoms with Gasteiger partial charge in [0.15, 0.2) is 0 Å². The lowest BCUT2D eigenvalue weighted by molar-refractivity contribution is -0.150. The van der Waals surface area contributed by atoms with E-state index in [0.29, 0.717) is 44.7 Å². The predicted molar refractivity (Wildman–Crippen MR) is 93.8 cm³/mol. The van der Waals surface area contributed by atoms with Crippen LogP contribution in [0.25, 0.3) is 0 Å². The maximum Gasteiger partial charge on any atom is 0.401 e. The van der Waals surface area contributed by atoms with E-state index in [-0.39, 0.29) is 6.04 Å². The Bertz CT molecular complexity index is 376. The third kappa shape index (κ3) is 7.41. The summed E-state index contributed by atoms with van der Waals surface area (Å²) in [7, 11) is 0. The number of piperidine rings is 1. The fraction of sp³-hybridized carbons (Fsp3) is 1.00. The van der Waals surface area contributed by atoms with Crippen LogP contribution in [0.3, 0.4) is 0 Å². The van der Waals surface area contributed by atoms with Gasteiger partial charge in [-0.2, -0.15) is 13.2 Å². The lowest BCUT2D eigenvalue weighted by Gasteiger charge is -2.38. The van der Waals surface area contributed by atoms with Crippen LogP contribution >= 0.6 is 0 Å². The number of likely N-dealkylation sites (tertiary alicyclic amines) is 1. The van der Waals surface area contributed by atoms with E-state index in [1.54, 1.807) is 0 Å². The Morgan fingerprint density at radius 1 is 0.920 bits per heavy atom. The maximum atomic E-state index is 12.4. The van der Waals surface area contributed by atoms with Crippen molar-refractivity contribution in [1.29, 1.82) is 0 Å². The standard InChI is InChI=1S/C18H34F3N3O/c1-15(2)23-6-4-17(5-7-23)13-25-12-16(3)24-10-8-22(9-11-24)14-18(19,20)21/h15-17H,4-14H2,1-3H3. The molecule has 0 radical (unpaired) electrons. The van der Waals surface area contributed by atoms with Gasteiger partial charge in [0.2, 0.25) is 0 Å². The van der Waals surface area contributed by atoms with Gasteiger partial charge in [-0.3, -0.25) is 9.80 Å². The van der Waals surface area contributed by atoms with Crippen molar-refractivity contribution >= 4 is 0 Å². The highest BCUT2D eigenvalue weighted by Gasteiger charge is 2.32. The van der Waals surface area contributed by atoms with Crippen LogP contribution in [0, 0.1) is 5.92 Å². The number of alkyl halides is 3. The summed E-state index contributed by atoms with van der Waals surface area (Å²) < 4.78 is 43.2. The molecule has 1 atom stereocenters. The summed E-state index contributed by atoms with van der Waals surface area (Å²) in [6.45, 7) is 11.9. The highest BCUT2D eigenvalue weighted by Crippen LogP contribution is 2.20. The predicted octanol–water partition coefficient (Wildman–Crippen LogP) is 2.69. The highest BCUT2D eigenvalue weighted by molar-refractivity contribution is 4.78. The molecule has 0 aromatic heterocycles. The van der Waals surface area contributed by atoms with Crippen molar-refractivity contribution in [2.24, 2.45) is 5.92 Å². The van der Waals surface area contributed by atoms with E-state index in [2.05, 4.69) is 30.6 Å². The Kier molecular flexibility index (Phi) is 7.98. The van der Waals surface area contributed by atoms with Gasteiger partial charge in [0.1, 0.15) is 0 Å². The first-order valence-corrected chi connectivity index (χ1v) is 9.59. The van der Waals surface area contributed by atoms with Crippen molar-refractivity contribution in [3.05, 3.63) is 0 Å². The first-order chi connectivity index (χ1) is 11.7. The normalized spacial score (nSPS) is 24.1. The zero-order valence-electron chi connectivity index (χ0n) is 15.9. The molecule has 2 fully saturated rings. The van der Waals surface area contributed by atoms with E-state index < -0.39 is 12.7 Å². The van der Waals surface area contributed by atoms with Crippen molar-refractivity contribution in [2.45, 2.75) is 51.9 Å². The maximum absolute atomic E-state index is 12.4. The molecular weight excluding hydrogens is 331 g/mol. The van der Waals surface area contributed by atoms with Crippen molar-refractivity contribution in [3.8, 4) is 0 Å². The number of hydrogen-bond acceptors (Lipinski definition) is 4. The van der Waals surface area contributed by atoms with Crippen molar-refractivity contribution in [2.75, 3.05) is 59.0 Å². The SMILES string of the molecule is CC(C)N1CCC(COCC(C)N2CCN(CC(F)(F)F)CC2)CC1. The van der Waals surface area contributed by atoms with E-state index in [1.807, 2.05) is 0 Å². The first kappa shape index (κ1) is 20.9. The quantitative estimate of drug-likeness (QED) is 0.690. The van der Waals surface area contributed by atoms with Crippen LogP contribution in [0.2, 0.25) is 0 Å². The second-order valence-electron chi connectivity index (χ2n) is 7.89. The highest BCUT2D eigenvalue weighted by atomic mass is 19.4. The van der Waals surface area contributed by atoms with E-state index in [9.17, 15) is 13.2 Å². The van der Waals surface area contributed by atoms with Crippen LogP contribution in [-0.4, -0.2) is 92.0 Å². The molecule has 4 nitrogen and oxygen atoms in total. The molecule has 0 bridgehead atoms. The lowest BCUT2D eigenvalue weighted by Crippen LogP contribution is -2.52. The van der Waals surface area contributed by atoms with Crippen molar-refractivity contribution < 1.29 is 17.9 Å². The molecule has 0 aromatic rings. The molecule has 0 saturated carbocycles. The average molecular weight is 365 g/mol. The molecule has 1 unspecified atom stereocenters. The van der Waals surface area contributed by atoms with Crippen LogP contribution in [-0.2, 0) is 4.74 Å². The third-order valence-corrected chi connectivity index (χ3v) is 5.53. The summed E-state index contributed by atoms with van der Waals surface area (Å²) in [5.74, 6) is 0.644. The van der Waals surface area contributed by atoms with E-state index >= 15 is 0 Å². The second kappa shape index (κ2) is 9.53. The molecule has 2 saturated heterocycles. The van der Waals surface area contributed by atoms with Crippen LogP contribution < -0.4 is 0 Å². The second-order valence-corrected chi connectivity index (χ2v) is 7.89. The van der Waals surface area contributed by atoms with Crippen LogP contribution in [0.1, 0.15) is 33.6 Å². The van der Waals surface area contributed by atoms with Gasteiger partial charge in [0.05, 0.1) is 13.2 Å². The summed E-state index contributed by atoms with van der Waals surface area (Å²) in [6.07, 6.45) is -1.70. The van der Waals surface area contributed by atoms with E-state index in [1.165, 1.54) is 17.7 Å². The molecule has 2 aliphatic rings. The molecule has 2 rings (SSSR count). The lowest BCUT2D eigenvalue weighted by atomic mass is 9.97. The van der Waals surface area contributed by atoms with Crippen LogP contribution in [0.5, 0.6) is 0 Å². The largest absolute Gasteiger partial charge is 0.401 e. The molecule has 0 amide bonds. The monoisotopic (exact) mass is 365 g/mol. The van der Waals surface area contributed by atoms with Gasteiger partial charge >= 0.3 is 6.18 Å². The summed E-state index contributed by atoms with van der Waals surface area (Å²) in [6, 6.07) is 0.890. The van der Waals surface area contributed by atoms with Gasteiger partial charge in [-0.15, -0.1) is 0 Å². The topological polar surface area (TPSA) is 19.0 Å². The van der Waals surface area contributed by atoms with Crippen molar-refractivity contribution in [3.63, 3.8) is 0 Å². The Morgan fingerprint density at radius 2 is 1.52 bits per heavy atom. The van der Waals surface area contributed by atoms with Gasteiger partial charge < -0.3 is 9.64 Å². The molecule has 0 aliphatic carbocycles. The minimum atomic E-state index is -4.10. The summed E-state index contributed by atoms with van der Waals surface area (Å²) >= 11 is 0. The number of ether oxygens (including phenoxy) is 1. The smallest absolute Gasteiger partial charge is 0.380 e. The minimum Gasteiger partial charge on any atom is -0.380 e. The molecule has 0 spiro atoms. The zero-order chi connectivity index (χ0) is 18.4. The van der Waals surface area contributed by atoms with Crippen LogP contribution in [0.15, 0.2) is 0 Å². The minimum absolute atomic E-state index is 0.267. The molecular formula is C18H34F3N3O. The summed E-state index contributed by atoms with van der Waals surface area (Å²) in [5, 5.41) is 0. The molecule has 7 heteroatoms. The molecule has 2 aliphatic heterocycles. The van der Waals surface area contributed by atoms with Gasteiger partial charge in [-0.1, -0.05) is 0 Å². The van der Waals surface area contributed by atoms with Gasteiger partial charge in [-0.05, 0) is 52.6 Å². The van der Waals surface area contributed by atoms with Crippen molar-refractivity contribution in [1.82, 2.24) is 14.7 Å². The fourth-order valence-corrected chi connectivity index (χ4v) is 3.76. The molecule has 25 heavy (non-hydrogen) atoms. The molecule has 2 heterocycles. The van der Waals surface area contributed by atoms with Gasteiger partial charge in [-0.25, -0.2) is 0 Å².